The SMILES string of the molecule is CC1CCCCC(C(F)F)[C@H](F)CC1. The molecule has 2 unspecified atom stereocenters. The first kappa shape index (κ1) is 11.9. The van der Waals surface area contributed by atoms with Crippen LogP contribution in [0, 0.1) is 11.8 Å². The van der Waals surface area contributed by atoms with Crippen molar-refractivity contribution in [3.8, 4) is 0 Å². The molecule has 14 heavy (non-hydrogen) atoms. The second-order valence-corrected chi connectivity index (χ2v) is 4.48. The second kappa shape index (κ2) is 5.62. The van der Waals surface area contributed by atoms with Crippen LogP contribution in [0.2, 0.25) is 0 Å². The van der Waals surface area contributed by atoms with Crippen LogP contribution < -0.4 is 0 Å². The van der Waals surface area contributed by atoms with Crippen molar-refractivity contribution in [2.24, 2.45) is 11.8 Å². The lowest BCUT2D eigenvalue weighted by Crippen LogP contribution is -2.23. The van der Waals surface area contributed by atoms with Gasteiger partial charge in [0.05, 0.1) is 5.92 Å². The lowest BCUT2D eigenvalue weighted by atomic mass is 9.95. The molecule has 0 spiro atoms. The van der Waals surface area contributed by atoms with Gasteiger partial charge in [-0.05, 0) is 25.2 Å². The van der Waals surface area contributed by atoms with E-state index in [9.17, 15) is 13.2 Å². The first-order valence-corrected chi connectivity index (χ1v) is 5.53. The van der Waals surface area contributed by atoms with Gasteiger partial charge in [0, 0.05) is 0 Å². The monoisotopic (exact) mass is 208 g/mol. The van der Waals surface area contributed by atoms with Gasteiger partial charge in [0.2, 0.25) is 6.43 Å². The molecule has 84 valence electrons. The largest absolute Gasteiger partial charge is 0.247 e. The van der Waals surface area contributed by atoms with Crippen LogP contribution in [0.15, 0.2) is 0 Å². The molecule has 0 amide bonds. The topological polar surface area (TPSA) is 0 Å². The summed E-state index contributed by atoms with van der Waals surface area (Å²) < 4.78 is 38.4. The van der Waals surface area contributed by atoms with Crippen LogP contribution in [0.1, 0.15) is 45.4 Å². The number of alkyl halides is 3. The Balaban J connectivity index is 2.50. The van der Waals surface area contributed by atoms with E-state index in [2.05, 4.69) is 6.92 Å². The van der Waals surface area contributed by atoms with Crippen LogP contribution in [-0.2, 0) is 0 Å². The Morgan fingerprint density at radius 3 is 2.29 bits per heavy atom. The maximum absolute atomic E-state index is 13.4. The molecule has 0 aliphatic heterocycles. The number of hydrogen-bond acceptors (Lipinski definition) is 0. The molecule has 0 radical (unpaired) electrons. The second-order valence-electron chi connectivity index (χ2n) is 4.48. The third-order valence-corrected chi connectivity index (χ3v) is 3.21. The van der Waals surface area contributed by atoms with E-state index in [-0.39, 0.29) is 0 Å². The van der Waals surface area contributed by atoms with Gasteiger partial charge < -0.3 is 0 Å². The highest BCUT2D eigenvalue weighted by Gasteiger charge is 2.30. The van der Waals surface area contributed by atoms with Gasteiger partial charge in [-0.3, -0.25) is 0 Å². The standard InChI is InChI=1S/C11H19F3/c1-8-4-2-3-5-9(11(13)14)10(12)7-6-8/h8-11H,2-7H2,1H3/t8?,9?,10-/m1/s1. The first-order valence-electron chi connectivity index (χ1n) is 5.53. The quantitative estimate of drug-likeness (QED) is 0.606. The summed E-state index contributed by atoms with van der Waals surface area (Å²) in [6, 6.07) is 0. The fourth-order valence-corrected chi connectivity index (χ4v) is 2.14. The summed E-state index contributed by atoms with van der Waals surface area (Å²) in [6.45, 7) is 2.08. The highest BCUT2D eigenvalue weighted by atomic mass is 19.3. The van der Waals surface area contributed by atoms with Crippen LogP contribution in [0.25, 0.3) is 0 Å². The average Bonchev–Trinajstić information content (AvgIpc) is 2.19. The fraction of sp³-hybridized carbons (Fsp3) is 1.00. The van der Waals surface area contributed by atoms with E-state index in [1.54, 1.807) is 0 Å². The zero-order valence-corrected chi connectivity index (χ0v) is 8.69. The predicted molar refractivity (Wildman–Crippen MR) is 51.3 cm³/mol. The zero-order valence-electron chi connectivity index (χ0n) is 8.69. The molecule has 1 fully saturated rings. The third kappa shape index (κ3) is 3.50. The Labute approximate surface area is 83.9 Å². The van der Waals surface area contributed by atoms with E-state index in [0.29, 0.717) is 18.8 Å². The number of halogens is 3. The molecule has 1 saturated carbocycles. The Morgan fingerprint density at radius 2 is 1.64 bits per heavy atom. The molecule has 3 atom stereocenters. The van der Waals surface area contributed by atoms with E-state index in [1.165, 1.54) is 0 Å². The molecule has 0 nitrogen and oxygen atoms in total. The smallest absolute Gasteiger partial charge is 0.244 e. The molecule has 0 heterocycles. The summed E-state index contributed by atoms with van der Waals surface area (Å²) in [5.41, 5.74) is 0. The molecule has 0 aromatic rings. The van der Waals surface area contributed by atoms with Crippen LogP contribution >= 0.6 is 0 Å². The minimum absolute atomic E-state index is 0.316. The Morgan fingerprint density at radius 1 is 1.00 bits per heavy atom. The van der Waals surface area contributed by atoms with Crippen molar-refractivity contribution in [2.75, 3.05) is 0 Å². The van der Waals surface area contributed by atoms with Crippen molar-refractivity contribution in [1.29, 1.82) is 0 Å². The van der Waals surface area contributed by atoms with Crippen molar-refractivity contribution < 1.29 is 13.2 Å². The summed E-state index contributed by atoms with van der Waals surface area (Å²) >= 11 is 0. The van der Waals surface area contributed by atoms with Gasteiger partial charge >= 0.3 is 0 Å². The average molecular weight is 208 g/mol. The summed E-state index contributed by atoms with van der Waals surface area (Å²) in [5, 5.41) is 0. The van der Waals surface area contributed by atoms with Crippen LogP contribution in [-0.4, -0.2) is 12.6 Å². The molecule has 1 aliphatic rings. The highest BCUT2D eigenvalue weighted by Crippen LogP contribution is 2.30. The van der Waals surface area contributed by atoms with E-state index in [0.717, 1.165) is 25.7 Å². The minimum Gasteiger partial charge on any atom is -0.247 e. The van der Waals surface area contributed by atoms with Crippen molar-refractivity contribution >= 4 is 0 Å². The molecule has 0 saturated heterocycles. The van der Waals surface area contributed by atoms with Gasteiger partial charge in [-0.2, -0.15) is 0 Å². The summed E-state index contributed by atoms with van der Waals surface area (Å²) in [7, 11) is 0. The van der Waals surface area contributed by atoms with Gasteiger partial charge in [0.15, 0.2) is 0 Å². The van der Waals surface area contributed by atoms with Crippen molar-refractivity contribution in [2.45, 2.75) is 58.0 Å². The van der Waals surface area contributed by atoms with Gasteiger partial charge in [0.25, 0.3) is 0 Å². The van der Waals surface area contributed by atoms with E-state index in [1.807, 2.05) is 0 Å². The normalized spacial score (nSPS) is 36.2. The number of hydrogen-bond donors (Lipinski definition) is 0. The Hall–Kier alpha value is -0.210. The van der Waals surface area contributed by atoms with Gasteiger partial charge in [0.1, 0.15) is 6.17 Å². The van der Waals surface area contributed by atoms with Crippen LogP contribution in [0.5, 0.6) is 0 Å². The van der Waals surface area contributed by atoms with Crippen LogP contribution in [0.4, 0.5) is 13.2 Å². The molecule has 1 rings (SSSR count). The van der Waals surface area contributed by atoms with Crippen molar-refractivity contribution in [3.05, 3.63) is 0 Å². The van der Waals surface area contributed by atoms with Crippen molar-refractivity contribution in [1.82, 2.24) is 0 Å². The Kier molecular flexibility index (Phi) is 4.76. The summed E-state index contributed by atoms with van der Waals surface area (Å²) in [6.07, 6.45) is 0.417. The van der Waals surface area contributed by atoms with E-state index < -0.39 is 18.5 Å². The Bertz CT molecular complexity index is 159. The predicted octanol–water partition coefficient (Wildman–Crippen LogP) is 4.20. The maximum atomic E-state index is 13.4. The third-order valence-electron chi connectivity index (χ3n) is 3.21. The first-order chi connectivity index (χ1) is 6.61. The minimum atomic E-state index is -2.49. The van der Waals surface area contributed by atoms with E-state index in [4.69, 9.17) is 0 Å². The van der Waals surface area contributed by atoms with E-state index >= 15 is 0 Å². The lowest BCUT2D eigenvalue weighted by Gasteiger charge is -2.19. The molecule has 1 aliphatic carbocycles. The van der Waals surface area contributed by atoms with Gasteiger partial charge in [-0.15, -0.1) is 0 Å². The lowest BCUT2D eigenvalue weighted by molar-refractivity contribution is 0.0199. The van der Waals surface area contributed by atoms with Gasteiger partial charge in [-0.1, -0.05) is 26.2 Å². The molecule has 0 aromatic heterocycles. The zero-order chi connectivity index (χ0) is 10.6. The highest BCUT2D eigenvalue weighted by molar-refractivity contribution is 4.74. The maximum Gasteiger partial charge on any atom is 0.244 e. The molecule has 0 N–H and O–H groups in total. The fourth-order valence-electron chi connectivity index (χ4n) is 2.14. The molecular formula is C11H19F3. The van der Waals surface area contributed by atoms with Gasteiger partial charge in [-0.25, -0.2) is 13.2 Å². The molecule has 3 heteroatoms. The molecule has 0 bridgehead atoms. The van der Waals surface area contributed by atoms with Crippen LogP contribution in [0.3, 0.4) is 0 Å². The van der Waals surface area contributed by atoms with Crippen molar-refractivity contribution in [3.63, 3.8) is 0 Å². The summed E-state index contributed by atoms with van der Waals surface area (Å²) in [5.74, 6) is -0.523. The molecular weight excluding hydrogens is 189 g/mol. The summed E-state index contributed by atoms with van der Waals surface area (Å²) in [4.78, 5) is 0. The molecule has 0 aromatic carbocycles. The number of rotatable bonds is 1.